The first-order chi connectivity index (χ1) is 15.2. The monoisotopic (exact) mass is 486 g/mol. The summed E-state index contributed by atoms with van der Waals surface area (Å²) in [4.78, 5) is 13.1. The molecule has 1 aromatic carbocycles. The lowest BCUT2D eigenvalue weighted by Crippen LogP contribution is -2.50. The Balaban J connectivity index is 1.66. The van der Waals surface area contributed by atoms with Gasteiger partial charge in [-0.3, -0.25) is 9.48 Å². The predicted octanol–water partition coefficient (Wildman–Crippen LogP) is 3.47. The standard InChI is InChI=1S/C21H25ClF2N4O3S/c1-3-4-10-28-21(22)16(15(2)25-28)8-9-19(29)26-11-13-27(14-12-26)32(30,31)20-17(23)6-5-7-18(20)24/h5-9H,3-4,10-14H2,1-2H3/b9-8+. The summed E-state index contributed by atoms with van der Waals surface area (Å²) in [5.41, 5.74) is 1.37. The third kappa shape index (κ3) is 5.02. The number of halogens is 3. The Morgan fingerprint density at radius 2 is 1.81 bits per heavy atom. The number of piperazine rings is 1. The second kappa shape index (κ2) is 10.1. The fraction of sp³-hybridized carbons (Fsp3) is 0.429. The second-order valence-electron chi connectivity index (χ2n) is 7.48. The molecule has 2 heterocycles. The normalized spacial score (nSPS) is 15.6. The van der Waals surface area contributed by atoms with Crippen LogP contribution in [0.15, 0.2) is 29.2 Å². The van der Waals surface area contributed by atoms with Crippen LogP contribution in [0.4, 0.5) is 8.78 Å². The van der Waals surface area contributed by atoms with Gasteiger partial charge in [0.15, 0.2) is 4.90 Å². The van der Waals surface area contributed by atoms with Crippen molar-refractivity contribution in [1.29, 1.82) is 0 Å². The number of hydrogen-bond acceptors (Lipinski definition) is 4. The van der Waals surface area contributed by atoms with Gasteiger partial charge in [-0.2, -0.15) is 9.40 Å². The average molecular weight is 487 g/mol. The lowest BCUT2D eigenvalue weighted by molar-refractivity contribution is -0.127. The molecule has 3 rings (SSSR count). The Morgan fingerprint density at radius 3 is 2.41 bits per heavy atom. The highest BCUT2D eigenvalue weighted by atomic mass is 35.5. The van der Waals surface area contributed by atoms with E-state index in [1.807, 2.05) is 6.92 Å². The zero-order chi connectivity index (χ0) is 23.5. The van der Waals surface area contributed by atoms with Crippen molar-refractivity contribution in [3.8, 4) is 0 Å². The van der Waals surface area contributed by atoms with Crippen molar-refractivity contribution in [2.45, 2.75) is 38.1 Å². The lowest BCUT2D eigenvalue weighted by atomic mass is 10.2. The molecule has 0 atom stereocenters. The molecule has 0 N–H and O–H groups in total. The first-order valence-corrected chi connectivity index (χ1v) is 12.1. The van der Waals surface area contributed by atoms with Crippen molar-refractivity contribution < 1.29 is 22.0 Å². The summed E-state index contributed by atoms with van der Waals surface area (Å²) in [7, 11) is -4.35. The van der Waals surface area contributed by atoms with Crippen molar-refractivity contribution in [2.75, 3.05) is 26.2 Å². The van der Waals surface area contributed by atoms with E-state index in [0.29, 0.717) is 23.0 Å². The van der Waals surface area contributed by atoms with Crippen LogP contribution in [0.5, 0.6) is 0 Å². The predicted molar refractivity (Wildman–Crippen MR) is 118 cm³/mol. The lowest BCUT2D eigenvalue weighted by Gasteiger charge is -2.33. The van der Waals surface area contributed by atoms with Crippen LogP contribution < -0.4 is 0 Å². The van der Waals surface area contributed by atoms with Crippen molar-refractivity contribution in [2.24, 2.45) is 0 Å². The average Bonchev–Trinajstić information content (AvgIpc) is 3.02. The highest BCUT2D eigenvalue weighted by molar-refractivity contribution is 7.89. The van der Waals surface area contributed by atoms with Crippen LogP contribution in [0.3, 0.4) is 0 Å². The molecular formula is C21H25ClF2N4O3S. The van der Waals surface area contributed by atoms with Gasteiger partial charge in [-0.25, -0.2) is 17.2 Å². The van der Waals surface area contributed by atoms with E-state index in [0.717, 1.165) is 35.3 Å². The fourth-order valence-corrected chi connectivity index (χ4v) is 5.33. The molecule has 1 aromatic heterocycles. The Labute approximate surface area is 191 Å². The molecule has 0 saturated carbocycles. The first kappa shape index (κ1) is 24.3. The number of unbranched alkanes of at least 4 members (excludes halogenated alkanes) is 1. The summed E-state index contributed by atoms with van der Waals surface area (Å²) < 4.78 is 56.0. The van der Waals surface area contributed by atoms with Gasteiger partial charge in [0.2, 0.25) is 15.9 Å². The maximum atomic E-state index is 14.0. The van der Waals surface area contributed by atoms with Crippen LogP contribution in [0.2, 0.25) is 5.15 Å². The maximum Gasteiger partial charge on any atom is 0.249 e. The Hall–Kier alpha value is -2.30. The maximum absolute atomic E-state index is 14.0. The molecule has 1 aliphatic rings. The van der Waals surface area contributed by atoms with Crippen molar-refractivity contribution in [1.82, 2.24) is 19.0 Å². The highest BCUT2D eigenvalue weighted by Crippen LogP contribution is 2.24. The number of carbonyl (C=O) groups excluding carboxylic acids is 1. The molecule has 0 bridgehead atoms. The number of aromatic nitrogens is 2. The van der Waals surface area contributed by atoms with Gasteiger partial charge in [0.05, 0.1) is 5.69 Å². The highest BCUT2D eigenvalue weighted by Gasteiger charge is 2.33. The molecule has 174 valence electrons. The van der Waals surface area contributed by atoms with E-state index in [9.17, 15) is 22.0 Å². The minimum Gasteiger partial charge on any atom is -0.337 e. The van der Waals surface area contributed by atoms with Gasteiger partial charge in [-0.15, -0.1) is 0 Å². The fourth-order valence-electron chi connectivity index (χ4n) is 3.48. The quantitative estimate of drug-likeness (QED) is 0.562. The molecule has 7 nitrogen and oxygen atoms in total. The number of nitrogens with zero attached hydrogens (tertiary/aromatic N) is 4. The molecule has 1 fully saturated rings. The summed E-state index contributed by atoms with van der Waals surface area (Å²) in [5.74, 6) is -2.59. The van der Waals surface area contributed by atoms with Gasteiger partial charge >= 0.3 is 0 Å². The number of amides is 1. The molecule has 0 spiro atoms. The summed E-state index contributed by atoms with van der Waals surface area (Å²) >= 11 is 6.38. The third-order valence-electron chi connectivity index (χ3n) is 5.29. The molecule has 32 heavy (non-hydrogen) atoms. The summed E-state index contributed by atoms with van der Waals surface area (Å²) in [5, 5.41) is 4.85. The largest absolute Gasteiger partial charge is 0.337 e. The number of sulfonamides is 1. The van der Waals surface area contributed by atoms with E-state index in [1.54, 1.807) is 10.8 Å². The Bertz CT molecular complexity index is 1110. The van der Waals surface area contributed by atoms with Crippen LogP contribution in [0.25, 0.3) is 6.08 Å². The molecular weight excluding hydrogens is 462 g/mol. The van der Waals surface area contributed by atoms with Crippen LogP contribution in [-0.4, -0.2) is 59.5 Å². The molecule has 1 saturated heterocycles. The van der Waals surface area contributed by atoms with Crippen molar-refractivity contribution in [3.05, 3.63) is 52.3 Å². The number of benzene rings is 1. The van der Waals surface area contributed by atoms with Crippen LogP contribution in [0, 0.1) is 18.6 Å². The minimum atomic E-state index is -4.35. The van der Waals surface area contributed by atoms with E-state index < -0.39 is 26.6 Å². The minimum absolute atomic E-state index is 0.0651. The van der Waals surface area contributed by atoms with Gasteiger partial charge in [0, 0.05) is 44.4 Å². The smallest absolute Gasteiger partial charge is 0.249 e. The van der Waals surface area contributed by atoms with E-state index in [2.05, 4.69) is 12.0 Å². The molecule has 2 aromatic rings. The molecule has 11 heteroatoms. The van der Waals surface area contributed by atoms with Crippen LogP contribution in [-0.2, 0) is 21.4 Å². The number of rotatable bonds is 7. The van der Waals surface area contributed by atoms with Crippen molar-refractivity contribution >= 4 is 33.6 Å². The second-order valence-corrected chi connectivity index (χ2v) is 9.71. The van der Waals surface area contributed by atoms with Crippen LogP contribution in [0.1, 0.15) is 31.0 Å². The molecule has 0 radical (unpaired) electrons. The molecule has 0 unspecified atom stereocenters. The Morgan fingerprint density at radius 1 is 1.19 bits per heavy atom. The summed E-state index contributed by atoms with van der Waals surface area (Å²) in [6.07, 6.45) is 4.92. The summed E-state index contributed by atoms with van der Waals surface area (Å²) in [6.45, 7) is 4.64. The van der Waals surface area contributed by atoms with E-state index in [1.165, 1.54) is 11.0 Å². The molecule has 1 amide bonds. The van der Waals surface area contributed by atoms with E-state index >= 15 is 0 Å². The SMILES string of the molecule is CCCCn1nc(C)c(/C=C/C(=O)N2CCN(S(=O)(=O)c3c(F)cccc3F)CC2)c1Cl. The topological polar surface area (TPSA) is 75.5 Å². The zero-order valence-electron chi connectivity index (χ0n) is 17.9. The molecule has 1 aliphatic heterocycles. The van der Waals surface area contributed by atoms with Gasteiger partial charge in [-0.1, -0.05) is 31.0 Å². The zero-order valence-corrected chi connectivity index (χ0v) is 19.5. The van der Waals surface area contributed by atoms with Gasteiger partial charge in [-0.05, 0) is 31.6 Å². The number of hydrogen-bond donors (Lipinski definition) is 0. The van der Waals surface area contributed by atoms with Gasteiger partial charge in [0.1, 0.15) is 16.8 Å². The number of aryl methyl sites for hydroxylation is 2. The molecule has 0 aliphatic carbocycles. The van der Waals surface area contributed by atoms with E-state index in [4.69, 9.17) is 11.6 Å². The van der Waals surface area contributed by atoms with Crippen LogP contribution >= 0.6 is 11.6 Å². The summed E-state index contributed by atoms with van der Waals surface area (Å²) in [6, 6.07) is 2.91. The third-order valence-corrected chi connectivity index (χ3v) is 7.64. The van der Waals surface area contributed by atoms with Crippen molar-refractivity contribution in [3.63, 3.8) is 0 Å². The Kier molecular flexibility index (Phi) is 7.68. The van der Waals surface area contributed by atoms with Gasteiger partial charge < -0.3 is 4.90 Å². The first-order valence-electron chi connectivity index (χ1n) is 10.3. The van der Waals surface area contributed by atoms with E-state index in [-0.39, 0.29) is 32.1 Å². The number of carbonyl (C=O) groups is 1. The van der Waals surface area contributed by atoms with Gasteiger partial charge in [0.25, 0.3) is 0 Å².